The zero-order chi connectivity index (χ0) is 13.1. The monoisotopic (exact) mass is 251 g/mol. The lowest BCUT2D eigenvalue weighted by Crippen LogP contribution is -1.87. The second-order valence-corrected chi connectivity index (χ2v) is 4.12. The van der Waals surface area contributed by atoms with Gasteiger partial charge < -0.3 is 9.15 Å². The lowest BCUT2D eigenvalue weighted by atomic mass is 10.0. The fourth-order valence-corrected chi connectivity index (χ4v) is 2.01. The smallest absolute Gasteiger partial charge is 0.212 e. The molecule has 3 heteroatoms. The zero-order valence-electron chi connectivity index (χ0n) is 10.5. The molecule has 2 aromatic heterocycles. The highest BCUT2D eigenvalue weighted by Crippen LogP contribution is 2.33. The van der Waals surface area contributed by atoms with E-state index in [1.807, 2.05) is 48.5 Å². The van der Waals surface area contributed by atoms with E-state index in [-0.39, 0.29) is 0 Å². The molecule has 0 atom stereocenters. The normalized spacial score (nSPS) is 10.4. The number of hydrogen-bond acceptors (Lipinski definition) is 3. The van der Waals surface area contributed by atoms with Crippen LogP contribution in [0.15, 0.2) is 65.4 Å². The van der Waals surface area contributed by atoms with Gasteiger partial charge >= 0.3 is 0 Å². The van der Waals surface area contributed by atoms with Crippen molar-refractivity contribution in [2.24, 2.45) is 0 Å². The Labute approximate surface area is 111 Å². The summed E-state index contributed by atoms with van der Waals surface area (Å²) in [6.07, 6.45) is 3.48. The van der Waals surface area contributed by atoms with E-state index in [0.29, 0.717) is 5.88 Å². The van der Waals surface area contributed by atoms with Gasteiger partial charge in [-0.3, -0.25) is 0 Å². The summed E-state index contributed by atoms with van der Waals surface area (Å²) in [6, 6.07) is 15.8. The van der Waals surface area contributed by atoms with Crippen LogP contribution in [-0.4, -0.2) is 12.1 Å². The number of nitrogens with zero attached hydrogens (tertiary/aromatic N) is 1. The predicted molar refractivity (Wildman–Crippen MR) is 73.9 cm³/mol. The third-order valence-corrected chi connectivity index (χ3v) is 2.96. The molecule has 0 saturated carbocycles. The van der Waals surface area contributed by atoms with Crippen molar-refractivity contribution >= 4 is 0 Å². The second-order valence-electron chi connectivity index (χ2n) is 4.12. The van der Waals surface area contributed by atoms with E-state index in [1.165, 1.54) is 0 Å². The van der Waals surface area contributed by atoms with Crippen LogP contribution in [0.3, 0.4) is 0 Å². The predicted octanol–water partition coefficient (Wildman–Crippen LogP) is 4.02. The molecule has 0 N–H and O–H groups in total. The quantitative estimate of drug-likeness (QED) is 0.705. The third-order valence-electron chi connectivity index (χ3n) is 2.96. The van der Waals surface area contributed by atoms with E-state index in [4.69, 9.17) is 9.15 Å². The molecule has 0 radical (unpaired) electrons. The van der Waals surface area contributed by atoms with Gasteiger partial charge in [0.05, 0.1) is 13.4 Å². The molecule has 3 aromatic rings. The van der Waals surface area contributed by atoms with Gasteiger partial charge in [0.15, 0.2) is 0 Å². The van der Waals surface area contributed by atoms with Crippen molar-refractivity contribution in [2.45, 2.75) is 0 Å². The van der Waals surface area contributed by atoms with Crippen LogP contribution in [0.1, 0.15) is 0 Å². The van der Waals surface area contributed by atoms with Gasteiger partial charge in [-0.05, 0) is 12.1 Å². The topological polar surface area (TPSA) is 35.3 Å². The van der Waals surface area contributed by atoms with Crippen molar-refractivity contribution in [1.29, 1.82) is 0 Å². The average Bonchev–Trinajstić information content (AvgIpc) is 2.98. The molecular formula is C16H13NO2. The lowest BCUT2D eigenvalue weighted by Gasteiger charge is -2.04. The molecule has 0 bridgehead atoms. The Balaban J connectivity index is 2.04. The Hall–Kier alpha value is -2.55. The maximum atomic E-state index is 5.60. The molecule has 3 rings (SSSR count). The minimum Gasteiger partial charge on any atom is -0.481 e. The minimum absolute atomic E-state index is 0.605. The molecule has 0 saturated heterocycles. The van der Waals surface area contributed by atoms with Crippen LogP contribution in [-0.2, 0) is 0 Å². The summed E-state index contributed by atoms with van der Waals surface area (Å²) < 4.78 is 10.7. The van der Waals surface area contributed by atoms with Crippen molar-refractivity contribution in [3.63, 3.8) is 0 Å². The van der Waals surface area contributed by atoms with Gasteiger partial charge in [-0.15, -0.1) is 0 Å². The van der Waals surface area contributed by atoms with Gasteiger partial charge in [0.25, 0.3) is 0 Å². The van der Waals surface area contributed by atoms with Gasteiger partial charge in [0, 0.05) is 29.0 Å². The molecule has 19 heavy (non-hydrogen) atoms. The first-order valence-corrected chi connectivity index (χ1v) is 6.02. The van der Waals surface area contributed by atoms with Gasteiger partial charge in [-0.25, -0.2) is 4.98 Å². The number of ether oxygens (including phenoxy) is 1. The highest BCUT2D eigenvalue weighted by Gasteiger charge is 2.11. The first kappa shape index (κ1) is 11.5. The molecule has 94 valence electrons. The lowest BCUT2D eigenvalue weighted by molar-refractivity contribution is 0.398. The summed E-state index contributed by atoms with van der Waals surface area (Å²) in [4.78, 5) is 4.22. The maximum absolute atomic E-state index is 5.60. The van der Waals surface area contributed by atoms with Crippen molar-refractivity contribution in [2.75, 3.05) is 7.11 Å². The van der Waals surface area contributed by atoms with E-state index in [9.17, 15) is 0 Å². The summed E-state index contributed by atoms with van der Waals surface area (Å²) in [5.41, 5.74) is 3.09. The van der Waals surface area contributed by atoms with Gasteiger partial charge in [-0.1, -0.05) is 30.3 Å². The number of benzene rings is 1. The Morgan fingerprint density at radius 2 is 1.79 bits per heavy atom. The summed E-state index contributed by atoms with van der Waals surface area (Å²) in [5, 5.41) is 0. The van der Waals surface area contributed by atoms with Crippen LogP contribution in [0.2, 0.25) is 0 Å². The highest BCUT2D eigenvalue weighted by atomic mass is 16.5. The number of rotatable bonds is 3. The fraction of sp³-hybridized carbons (Fsp3) is 0.0625. The second kappa shape index (κ2) is 4.98. The number of aromatic nitrogens is 1. The van der Waals surface area contributed by atoms with Crippen LogP contribution in [0.5, 0.6) is 5.88 Å². The molecule has 0 spiro atoms. The van der Waals surface area contributed by atoms with Crippen LogP contribution >= 0.6 is 0 Å². The molecule has 0 unspecified atom stereocenters. The molecule has 0 fully saturated rings. The molecular weight excluding hydrogens is 238 g/mol. The number of furan rings is 1. The Bertz CT molecular complexity index is 657. The number of hydrogen-bond donors (Lipinski definition) is 0. The SMILES string of the molecule is COc1ccc(-c2ccoc2-c2ccccc2)cn1. The largest absolute Gasteiger partial charge is 0.481 e. The van der Waals surface area contributed by atoms with Crippen LogP contribution < -0.4 is 4.74 Å². The van der Waals surface area contributed by atoms with Gasteiger partial charge in [0.2, 0.25) is 5.88 Å². The third kappa shape index (κ3) is 2.22. The van der Waals surface area contributed by atoms with Gasteiger partial charge in [-0.2, -0.15) is 0 Å². The maximum Gasteiger partial charge on any atom is 0.212 e. The van der Waals surface area contributed by atoms with E-state index in [1.54, 1.807) is 19.6 Å². The molecule has 2 heterocycles. The summed E-state index contributed by atoms with van der Waals surface area (Å²) in [5.74, 6) is 1.46. The highest BCUT2D eigenvalue weighted by molar-refractivity contribution is 5.79. The molecule has 0 aliphatic rings. The molecule has 0 amide bonds. The summed E-state index contributed by atoms with van der Waals surface area (Å²) >= 11 is 0. The van der Waals surface area contributed by atoms with Gasteiger partial charge in [0.1, 0.15) is 5.76 Å². The summed E-state index contributed by atoms with van der Waals surface area (Å²) in [7, 11) is 1.61. The molecule has 3 nitrogen and oxygen atoms in total. The average molecular weight is 251 g/mol. The Kier molecular flexibility index (Phi) is 3.02. The first-order valence-electron chi connectivity index (χ1n) is 6.02. The molecule has 0 aliphatic carbocycles. The van der Waals surface area contributed by atoms with E-state index in [0.717, 1.165) is 22.5 Å². The van der Waals surface area contributed by atoms with Crippen molar-refractivity contribution in [3.8, 4) is 28.3 Å². The van der Waals surface area contributed by atoms with Crippen molar-refractivity contribution in [1.82, 2.24) is 4.98 Å². The summed E-state index contributed by atoms with van der Waals surface area (Å²) in [6.45, 7) is 0. The molecule has 0 aliphatic heterocycles. The van der Waals surface area contributed by atoms with Crippen molar-refractivity contribution < 1.29 is 9.15 Å². The Morgan fingerprint density at radius 1 is 0.947 bits per heavy atom. The zero-order valence-corrected chi connectivity index (χ0v) is 10.5. The van der Waals surface area contributed by atoms with Crippen LogP contribution in [0.4, 0.5) is 0 Å². The Morgan fingerprint density at radius 3 is 2.47 bits per heavy atom. The van der Waals surface area contributed by atoms with Crippen LogP contribution in [0.25, 0.3) is 22.5 Å². The van der Waals surface area contributed by atoms with Crippen molar-refractivity contribution in [3.05, 3.63) is 61.0 Å². The van der Waals surface area contributed by atoms with Crippen LogP contribution in [0, 0.1) is 0 Å². The first-order chi connectivity index (χ1) is 9.38. The van der Waals surface area contributed by atoms with E-state index >= 15 is 0 Å². The number of pyridine rings is 1. The molecule has 1 aromatic carbocycles. The standard InChI is InChI=1S/C16H13NO2/c1-18-15-8-7-13(11-17-15)14-9-10-19-16(14)12-5-3-2-4-6-12/h2-11H,1H3. The van der Waals surface area contributed by atoms with E-state index < -0.39 is 0 Å². The number of methoxy groups -OCH3 is 1. The van der Waals surface area contributed by atoms with E-state index in [2.05, 4.69) is 4.98 Å². The fourth-order valence-electron chi connectivity index (χ4n) is 2.01. The minimum atomic E-state index is 0.605.